The van der Waals surface area contributed by atoms with Crippen LogP contribution in [0, 0.1) is 5.82 Å². The lowest BCUT2D eigenvalue weighted by Gasteiger charge is -2.25. The van der Waals surface area contributed by atoms with Crippen molar-refractivity contribution >= 4 is 21.6 Å². The molecule has 0 atom stereocenters. The van der Waals surface area contributed by atoms with Crippen LogP contribution in [-0.2, 0) is 27.7 Å². The van der Waals surface area contributed by atoms with Crippen LogP contribution in [0.2, 0.25) is 0 Å². The highest BCUT2D eigenvalue weighted by Crippen LogP contribution is 2.22. The average Bonchev–Trinajstić information content (AvgIpc) is 2.60. The maximum Gasteiger partial charge on any atom is 0.232 e. The number of amides is 1. The summed E-state index contributed by atoms with van der Waals surface area (Å²) in [6.45, 7) is 2.20. The van der Waals surface area contributed by atoms with Crippen LogP contribution in [0.4, 0.5) is 10.1 Å². The van der Waals surface area contributed by atoms with Crippen LogP contribution < -0.4 is 9.62 Å². The Kier molecular flexibility index (Phi) is 6.74. The molecular formula is C19H23FN2O3S. The van der Waals surface area contributed by atoms with E-state index in [1.807, 2.05) is 19.1 Å². The van der Waals surface area contributed by atoms with Crippen LogP contribution in [0.3, 0.4) is 0 Å². The van der Waals surface area contributed by atoms with Crippen molar-refractivity contribution in [1.82, 2.24) is 5.32 Å². The third-order valence-corrected chi connectivity index (χ3v) is 5.17. The van der Waals surface area contributed by atoms with Gasteiger partial charge in [0.15, 0.2) is 0 Å². The largest absolute Gasteiger partial charge is 0.354 e. The van der Waals surface area contributed by atoms with Gasteiger partial charge in [-0.25, -0.2) is 12.8 Å². The van der Waals surface area contributed by atoms with Crippen LogP contribution in [0.25, 0.3) is 0 Å². The highest BCUT2D eigenvalue weighted by atomic mass is 32.2. The van der Waals surface area contributed by atoms with E-state index in [0.29, 0.717) is 17.7 Å². The summed E-state index contributed by atoms with van der Waals surface area (Å²) in [6, 6.07) is 13.4. The number of rotatable bonds is 8. The Bertz CT molecular complexity index is 869. The van der Waals surface area contributed by atoms with Gasteiger partial charge in [0, 0.05) is 6.54 Å². The van der Waals surface area contributed by atoms with Crippen LogP contribution in [0.15, 0.2) is 48.5 Å². The zero-order chi connectivity index (χ0) is 19.2. The molecule has 0 radical (unpaired) electrons. The minimum atomic E-state index is -3.49. The molecule has 2 aromatic carbocycles. The van der Waals surface area contributed by atoms with Gasteiger partial charge in [0.2, 0.25) is 15.9 Å². The van der Waals surface area contributed by atoms with E-state index in [1.54, 1.807) is 30.3 Å². The molecule has 1 N–H and O–H groups in total. The summed E-state index contributed by atoms with van der Waals surface area (Å²) in [5.41, 5.74) is 1.83. The van der Waals surface area contributed by atoms with Gasteiger partial charge < -0.3 is 5.32 Å². The molecule has 1 amide bonds. The molecule has 0 aliphatic heterocycles. The smallest absolute Gasteiger partial charge is 0.232 e. The number of carbonyl (C=O) groups is 1. The van der Waals surface area contributed by atoms with Gasteiger partial charge in [-0.15, -0.1) is 0 Å². The van der Waals surface area contributed by atoms with Gasteiger partial charge in [-0.2, -0.15) is 0 Å². The number of sulfonamides is 1. The molecule has 0 unspecified atom stereocenters. The first kappa shape index (κ1) is 19.9. The number of hydrogen-bond acceptors (Lipinski definition) is 3. The molecule has 26 heavy (non-hydrogen) atoms. The normalized spacial score (nSPS) is 11.2. The topological polar surface area (TPSA) is 66.5 Å². The highest BCUT2D eigenvalue weighted by molar-refractivity contribution is 7.92. The summed E-state index contributed by atoms with van der Waals surface area (Å²) in [7, 11) is -3.49. The number of hydrogen-bond donors (Lipinski definition) is 1. The van der Waals surface area contributed by atoms with Gasteiger partial charge in [0.25, 0.3) is 0 Å². The molecule has 7 heteroatoms. The lowest BCUT2D eigenvalue weighted by atomic mass is 10.1. The van der Waals surface area contributed by atoms with E-state index in [9.17, 15) is 17.6 Å². The van der Waals surface area contributed by atoms with Gasteiger partial charge in [-0.05, 0) is 29.7 Å². The molecule has 0 spiro atoms. The van der Waals surface area contributed by atoms with Gasteiger partial charge in [-0.1, -0.05) is 43.3 Å². The summed E-state index contributed by atoms with van der Waals surface area (Å²) in [5, 5.41) is 2.66. The zero-order valence-electron chi connectivity index (χ0n) is 14.9. The number of nitrogens with one attached hydrogen (secondary N) is 1. The second-order valence-electron chi connectivity index (χ2n) is 5.94. The Hall–Kier alpha value is -2.41. The standard InChI is InChI=1S/C19H23FN2O3S/c1-3-15-8-5-7-11-18(15)22(26(2,24)25)13-12-21-19(23)14-16-9-4-6-10-17(16)20/h4-11H,3,12-14H2,1-2H3,(H,21,23). The van der Waals surface area contributed by atoms with Crippen molar-refractivity contribution in [2.75, 3.05) is 23.7 Å². The number of halogens is 1. The maximum absolute atomic E-state index is 13.6. The number of carbonyl (C=O) groups excluding carboxylic acids is 1. The Morgan fingerprint density at radius 3 is 2.31 bits per heavy atom. The lowest BCUT2D eigenvalue weighted by Crippen LogP contribution is -2.39. The Morgan fingerprint density at radius 1 is 1.08 bits per heavy atom. The number of benzene rings is 2. The first-order valence-electron chi connectivity index (χ1n) is 8.38. The summed E-state index contributed by atoms with van der Waals surface area (Å²) < 4.78 is 39.2. The summed E-state index contributed by atoms with van der Waals surface area (Å²) in [5.74, 6) is -0.787. The molecule has 0 aliphatic rings. The highest BCUT2D eigenvalue weighted by Gasteiger charge is 2.19. The van der Waals surface area contributed by atoms with E-state index < -0.39 is 15.8 Å². The Balaban J connectivity index is 2.02. The molecule has 0 aromatic heterocycles. The van der Waals surface area contributed by atoms with E-state index in [0.717, 1.165) is 11.8 Å². The summed E-state index contributed by atoms with van der Waals surface area (Å²) >= 11 is 0. The molecule has 0 heterocycles. The number of nitrogens with zero attached hydrogens (tertiary/aromatic N) is 1. The molecule has 2 aromatic rings. The van der Waals surface area contributed by atoms with Crippen molar-refractivity contribution in [3.8, 4) is 0 Å². The fourth-order valence-electron chi connectivity index (χ4n) is 2.69. The third-order valence-electron chi connectivity index (χ3n) is 3.99. The Morgan fingerprint density at radius 2 is 1.69 bits per heavy atom. The van der Waals surface area contributed by atoms with E-state index >= 15 is 0 Å². The van der Waals surface area contributed by atoms with Crippen molar-refractivity contribution in [3.63, 3.8) is 0 Å². The van der Waals surface area contributed by atoms with Gasteiger partial charge in [-0.3, -0.25) is 9.10 Å². The molecule has 140 valence electrons. The van der Waals surface area contributed by atoms with E-state index in [4.69, 9.17) is 0 Å². The summed E-state index contributed by atoms with van der Waals surface area (Å²) in [6.07, 6.45) is 1.75. The van der Waals surface area contributed by atoms with Crippen LogP contribution in [-0.4, -0.2) is 33.7 Å². The third kappa shape index (κ3) is 5.29. The van der Waals surface area contributed by atoms with E-state index in [1.165, 1.54) is 10.4 Å². The first-order chi connectivity index (χ1) is 12.3. The van der Waals surface area contributed by atoms with Crippen molar-refractivity contribution < 1.29 is 17.6 Å². The minimum Gasteiger partial charge on any atom is -0.354 e. The van der Waals surface area contributed by atoms with Crippen molar-refractivity contribution in [2.45, 2.75) is 19.8 Å². The van der Waals surface area contributed by atoms with Crippen LogP contribution >= 0.6 is 0 Å². The predicted octanol–water partition coefficient (Wildman–Crippen LogP) is 2.51. The quantitative estimate of drug-likeness (QED) is 0.768. The van der Waals surface area contributed by atoms with Gasteiger partial charge in [0.05, 0.1) is 24.9 Å². The molecular weight excluding hydrogens is 355 g/mol. The molecule has 5 nitrogen and oxygen atoms in total. The van der Waals surface area contributed by atoms with Gasteiger partial charge >= 0.3 is 0 Å². The number of aryl methyl sites for hydroxylation is 1. The lowest BCUT2D eigenvalue weighted by molar-refractivity contribution is -0.120. The van der Waals surface area contributed by atoms with Crippen molar-refractivity contribution in [1.29, 1.82) is 0 Å². The van der Waals surface area contributed by atoms with Crippen molar-refractivity contribution in [2.24, 2.45) is 0 Å². The number of anilines is 1. The maximum atomic E-state index is 13.6. The number of para-hydroxylation sites is 1. The zero-order valence-corrected chi connectivity index (χ0v) is 15.7. The SMILES string of the molecule is CCc1ccccc1N(CCNC(=O)Cc1ccccc1F)S(C)(=O)=O. The molecule has 0 bridgehead atoms. The second kappa shape index (κ2) is 8.80. The first-order valence-corrected chi connectivity index (χ1v) is 10.2. The molecule has 0 fully saturated rings. The summed E-state index contributed by atoms with van der Waals surface area (Å²) in [4.78, 5) is 12.0. The molecule has 0 saturated carbocycles. The van der Waals surface area contributed by atoms with Crippen molar-refractivity contribution in [3.05, 3.63) is 65.5 Å². The van der Waals surface area contributed by atoms with Crippen LogP contribution in [0.1, 0.15) is 18.1 Å². The molecule has 0 aliphatic carbocycles. The van der Waals surface area contributed by atoms with E-state index in [2.05, 4.69) is 5.32 Å². The van der Waals surface area contributed by atoms with Crippen LogP contribution in [0.5, 0.6) is 0 Å². The average molecular weight is 378 g/mol. The monoisotopic (exact) mass is 378 g/mol. The van der Waals surface area contributed by atoms with Gasteiger partial charge in [0.1, 0.15) is 5.82 Å². The minimum absolute atomic E-state index is 0.0862. The Labute approximate surface area is 153 Å². The fraction of sp³-hybridized carbons (Fsp3) is 0.316. The second-order valence-corrected chi connectivity index (χ2v) is 7.84. The predicted molar refractivity (Wildman–Crippen MR) is 101 cm³/mol. The molecule has 0 saturated heterocycles. The molecule has 2 rings (SSSR count). The fourth-order valence-corrected chi connectivity index (χ4v) is 3.65. The van der Waals surface area contributed by atoms with E-state index in [-0.39, 0.29) is 25.4 Å².